The first-order valence-electron chi connectivity index (χ1n) is 9.55. The standard InChI is InChI=1S/C19H26N4O3S/c1-12-14-17(22-13-4-3-9-23(13)18(14)25)27-15(12)16(24)21-10-19(11-26-2)5-7-20-8-6-19/h20H,3-11H2,1-2H3,(H,21,24). The fourth-order valence-corrected chi connectivity index (χ4v) is 5.38. The Labute approximate surface area is 162 Å². The van der Waals surface area contributed by atoms with Crippen molar-refractivity contribution in [3.05, 3.63) is 26.6 Å². The van der Waals surface area contributed by atoms with Gasteiger partial charge in [-0.3, -0.25) is 14.2 Å². The summed E-state index contributed by atoms with van der Waals surface area (Å²) >= 11 is 1.33. The molecule has 0 atom stereocenters. The van der Waals surface area contributed by atoms with Gasteiger partial charge in [0.25, 0.3) is 11.5 Å². The highest BCUT2D eigenvalue weighted by molar-refractivity contribution is 7.20. The number of nitrogens with one attached hydrogen (secondary N) is 2. The maximum absolute atomic E-state index is 12.9. The normalized spacial score (nSPS) is 18.6. The molecular formula is C19H26N4O3S. The predicted octanol–water partition coefficient (Wildman–Crippen LogP) is 1.46. The van der Waals surface area contributed by atoms with Crippen LogP contribution in [0.3, 0.4) is 0 Å². The lowest BCUT2D eigenvalue weighted by Gasteiger charge is -2.37. The number of methoxy groups -OCH3 is 1. The van der Waals surface area contributed by atoms with Gasteiger partial charge in [0.1, 0.15) is 10.7 Å². The number of fused-ring (bicyclic) bond motifs is 2. The molecule has 2 N–H and O–H groups in total. The molecule has 0 bridgehead atoms. The van der Waals surface area contributed by atoms with Gasteiger partial charge >= 0.3 is 0 Å². The summed E-state index contributed by atoms with van der Waals surface area (Å²) in [5, 5.41) is 7.06. The van der Waals surface area contributed by atoms with E-state index in [2.05, 4.69) is 15.6 Å². The van der Waals surface area contributed by atoms with Gasteiger partial charge in [-0.15, -0.1) is 11.3 Å². The average Bonchev–Trinajstić information content (AvgIpc) is 3.26. The van der Waals surface area contributed by atoms with E-state index < -0.39 is 0 Å². The van der Waals surface area contributed by atoms with E-state index in [4.69, 9.17) is 4.74 Å². The molecule has 4 heterocycles. The molecule has 27 heavy (non-hydrogen) atoms. The molecule has 4 rings (SSSR count). The molecule has 1 amide bonds. The topological polar surface area (TPSA) is 85.2 Å². The van der Waals surface area contributed by atoms with E-state index in [1.807, 2.05) is 6.92 Å². The van der Waals surface area contributed by atoms with Crippen molar-refractivity contribution in [3.8, 4) is 0 Å². The minimum atomic E-state index is -0.117. The quantitative estimate of drug-likeness (QED) is 0.807. The van der Waals surface area contributed by atoms with Crippen LogP contribution in [0.25, 0.3) is 10.2 Å². The summed E-state index contributed by atoms with van der Waals surface area (Å²) in [5.41, 5.74) is 0.715. The van der Waals surface area contributed by atoms with Gasteiger partial charge in [0.15, 0.2) is 0 Å². The van der Waals surface area contributed by atoms with Crippen molar-refractivity contribution in [1.29, 1.82) is 0 Å². The first kappa shape index (κ1) is 18.6. The molecule has 2 aromatic rings. The third kappa shape index (κ3) is 3.30. The second-order valence-electron chi connectivity index (χ2n) is 7.69. The van der Waals surface area contributed by atoms with Crippen molar-refractivity contribution >= 4 is 27.5 Å². The number of hydrogen-bond acceptors (Lipinski definition) is 6. The number of nitrogens with zero attached hydrogens (tertiary/aromatic N) is 2. The number of aromatic nitrogens is 2. The van der Waals surface area contributed by atoms with Gasteiger partial charge in [-0.05, 0) is 44.8 Å². The Morgan fingerprint density at radius 2 is 2.19 bits per heavy atom. The van der Waals surface area contributed by atoms with Crippen molar-refractivity contribution in [2.45, 2.75) is 39.2 Å². The lowest BCUT2D eigenvalue weighted by atomic mass is 9.79. The van der Waals surface area contributed by atoms with Gasteiger partial charge in [-0.1, -0.05) is 0 Å². The Kier molecular flexibility index (Phi) is 5.05. The molecule has 0 unspecified atom stereocenters. The number of ether oxygens (including phenoxy) is 1. The van der Waals surface area contributed by atoms with Crippen LogP contribution in [0.1, 0.15) is 40.3 Å². The third-order valence-electron chi connectivity index (χ3n) is 5.86. The first-order chi connectivity index (χ1) is 13.0. The van der Waals surface area contributed by atoms with E-state index in [1.54, 1.807) is 11.7 Å². The monoisotopic (exact) mass is 390 g/mol. The van der Waals surface area contributed by atoms with E-state index in [-0.39, 0.29) is 16.9 Å². The molecule has 8 heteroatoms. The van der Waals surface area contributed by atoms with Crippen molar-refractivity contribution in [3.63, 3.8) is 0 Å². The average molecular weight is 391 g/mol. The van der Waals surface area contributed by atoms with Gasteiger partial charge < -0.3 is 15.4 Å². The molecular weight excluding hydrogens is 364 g/mol. The van der Waals surface area contributed by atoms with Crippen LogP contribution in [-0.4, -0.2) is 48.8 Å². The molecule has 0 aliphatic carbocycles. The number of carbonyl (C=O) groups is 1. The van der Waals surface area contributed by atoms with Crippen molar-refractivity contribution in [2.24, 2.45) is 5.41 Å². The van der Waals surface area contributed by atoms with Crippen LogP contribution in [0.2, 0.25) is 0 Å². The zero-order valence-electron chi connectivity index (χ0n) is 15.9. The summed E-state index contributed by atoms with van der Waals surface area (Å²) < 4.78 is 7.18. The van der Waals surface area contributed by atoms with Crippen LogP contribution < -0.4 is 16.2 Å². The Morgan fingerprint density at radius 3 is 2.93 bits per heavy atom. The SMILES string of the molecule is COCC1(CNC(=O)c2sc3nc4n(c(=O)c3c2C)CCC4)CCNCC1. The molecule has 0 radical (unpaired) electrons. The minimum Gasteiger partial charge on any atom is -0.384 e. The highest BCUT2D eigenvalue weighted by atomic mass is 32.1. The fourth-order valence-electron chi connectivity index (χ4n) is 4.28. The molecule has 0 spiro atoms. The predicted molar refractivity (Wildman–Crippen MR) is 106 cm³/mol. The molecule has 1 saturated heterocycles. The van der Waals surface area contributed by atoms with Gasteiger partial charge in [-0.2, -0.15) is 0 Å². The van der Waals surface area contributed by atoms with Gasteiger partial charge in [0.05, 0.1) is 16.9 Å². The Bertz CT molecular complexity index is 922. The second-order valence-corrected chi connectivity index (χ2v) is 8.69. The number of thiophene rings is 1. The molecule has 0 aromatic carbocycles. The van der Waals surface area contributed by atoms with E-state index >= 15 is 0 Å². The van der Waals surface area contributed by atoms with Crippen molar-refractivity contribution in [1.82, 2.24) is 20.2 Å². The molecule has 1 fully saturated rings. The zero-order chi connectivity index (χ0) is 19.0. The second kappa shape index (κ2) is 7.33. The first-order valence-corrected chi connectivity index (χ1v) is 10.4. The minimum absolute atomic E-state index is 0.00509. The maximum Gasteiger partial charge on any atom is 0.262 e. The zero-order valence-corrected chi connectivity index (χ0v) is 16.7. The van der Waals surface area contributed by atoms with E-state index in [0.29, 0.717) is 28.2 Å². The molecule has 2 aliphatic rings. The van der Waals surface area contributed by atoms with Gasteiger partial charge in [-0.25, -0.2) is 4.98 Å². The lowest BCUT2D eigenvalue weighted by Crippen LogP contribution is -2.47. The van der Waals surface area contributed by atoms with E-state index in [9.17, 15) is 9.59 Å². The molecule has 2 aromatic heterocycles. The van der Waals surface area contributed by atoms with Crippen LogP contribution in [0, 0.1) is 12.3 Å². The highest BCUT2D eigenvalue weighted by Crippen LogP contribution is 2.30. The van der Waals surface area contributed by atoms with Crippen LogP contribution in [0.4, 0.5) is 0 Å². The Balaban J connectivity index is 1.59. The number of rotatable bonds is 5. The summed E-state index contributed by atoms with van der Waals surface area (Å²) in [5.74, 6) is 0.725. The summed E-state index contributed by atoms with van der Waals surface area (Å²) in [4.78, 5) is 31.6. The number of carbonyl (C=O) groups excluding carboxylic acids is 1. The fraction of sp³-hybridized carbons (Fsp3) is 0.632. The van der Waals surface area contributed by atoms with Crippen LogP contribution in [0.15, 0.2) is 4.79 Å². The van der Waals surface area contributed by atoms with Crippen LogP contribution in [0.5, 0.6) is 0 Å². The lowest BCUT2D eigenvalue weighted by molar-refractivity contribution is 0.0512. The molecule has 0 saturated carbocycles. The van der Waals surface area contributed by atoms with E-state index in [1.165, 1.54) is 11.3 Å². The summed E-state index contributed by atoms with van der Waals surface area (Å²) in [6, 6.07) is 0. The Morgan fingerprint density at radius 1 is 1.41 bits per heavy atom. The number of piperidine rings is 1. The largest absolute Gasteiger partial charge is 0.384 e. The smallest absolute Gasteiger partial charge is 0.262 e. The summed E-state index contributed by atoms with van der Waals surface area (Å²) in [6.07, 6.45) is 3.74. The third-order valence-corrected chi connectivity index (χ3v) is 7.04. The maximum atomic E-state index is 12.9. The van der Waals surface area contributed by atoms with Gasteiger partial charge in [0, 0.05) is 32.0 Å². The highest BCUT2D eigenvalue weighted by Gasteiger charge is 2.33. The summed E-state index contributed by atoms with van der Waals surface area (Å²) in [7, 11) is 1.71. The molecule has 2 aliphatic heterocycles. The van der Waals surface area contributed by atoms with E-state index in [0.717, 1.165) is 56.7 Å². The van der Waals surface area contributed by atoms with Crippen molar-refractivity contribution < 1.29 is 9.53 Å². The number of amides is 1. The Hall–Kier alpha value is -1.77. The summed E-state index contributed by atoms with van der Waals surface area (Å²) in [6.45, 7) is 5.67. The number of aryl methyl sites for hydroxylation is 2. The van der Waals surface area contributed by atoms with Crippen LogP contribution in [-0.2, 0) is 17.7 Å². The van der Waals surface area contributed by atoms with Crippen molar-refractivity contribution in [2.75, 3.05) is 33.4 Å². The molecule has 146 valence electrons. The van der Waals surface area contributed by atoms with Gasteiger partial charge in [0.2, 0.25) is 0 Å². The number of hydrogen-bond donors (Lipinski definition) is 2. The van der Waals surface area contributed by atoms with Crippen LogP contribution >= 0.6 is 11.3 Å². The molecule has 7 nitrogen and oxygen atoms in total.